The summed E-state index contributed by atoms with van der Waals surface area (Å²) < 4.78 is 36.4. The van der Waals surface area contributed by atoms with Crippen LogP contribution in [0.5, 0.6) is 0 Å². The molecule has 5 heteroatoms. The lowest BCUT2D eigenvalue weighted by Crippen LogP contribution is -1.98. The summed E-state index contributed by atoms with van der Waals surface area (Å²) in [5.74, 6) is 0. The van der Waals surface area contributed by atoms with Gasteiger partial charge in [0.25, 0.3) is 0 Å². The minimum absolute atomic E-state index is 0.0890. The van der Waals surface area contributed by atoms with Crippen molar-refractivity contribution < 1.29 is 13.2 Å². The molecule has 0 aliphatic carbocycles. The van der Waals surface area contributed by atoms with Gasteiger partial charge in [0.05, 0.1) is 0 Å². The van der Waals surface area contributed by atoms with Crippen LogP contribution in [0.15, 0.2) is 35.2 Å². The maximum absolute atomic E-state index is 12.1. The average Bonchev–Trinajstić information content (AvgIpc) is 2.16. The summed E-state index contributed by atoms with van der Waals surface area (Å²) in [6.45, 7) is 0. The molecule has 1 rings (SSSR count). The normalized spacial score (nSPS) is 12.2. The Morgan fingerprint density at radius 3 is 2.69 bits per heavy atom. The highest BCUT2D eigenvalue weighted by Gasteiger charge is 2.28. The Bertz CT molecular complexity index is 360. The lowest BCUT2D eigenvalue weighted by Gasteiger charge is -2.05. The summed E-state index contributed by atoms with van der Waals surface area (Å²) in [4.78, 5) is 0.216. The van der Waals surface area contributed by atoms with Crippen molar-refractivity contribution >= 4 is 33.8 Å². The largest absolute Gasteiger partial charge is 0.446 e. The van der Waals surface area contributed by atoms with Gasteiger partial charge < -0.3 is 0 Å². The highest BCUT2D eigenvalue weighted by molar-refractivity contribution is 9.09. The first-order valence-corrected chi connectivity index (χ1v) is 6.53. The highest BCUT2D eigenvalue weighted by Crippen LogP contribution is 2.37. The van der Waals surface area contributed by atoms with Crippen LogP contribution in [-0.2, 0) is 0 Å². The molecule has 1 aromatic rings. The van der Waals surface area contributed by atoms with Crippen molar-refractivity contribution in [2.24, 2.45) is 0 Å². The molecule has 0 heterocycles. The van der Waals surface area contributed by atoms with Gasteiger partial charge in [0.2, 0.25) is 0 Å². The molecule has 16 heavy (non-hydrogen) atoms. The fourth-order valence-corrected chi connectivity index (χ4v) is 1.97. The van der Waals surface area contributed by atoms with Crippen LogP contribution in [0.3, 0.4) is 0 Å². The maximum atomic E-state index is 12.1. The van der Waals surface area contributed by atoms with Crippen molar-refractivity contribution in [2.75, 3.05) is 5.33 Å². The molecule has 0 nitrogen and oxygen atoms in total. The Morgan fingerprint density at radius 2 is 2.06 bits per heavy atom. The van der Waals surface area contributed by atoms with E-state index in [0.29, 0.717) is 0 Å². The van der Waals surface area contributed by atoms with E-state index < -0.39 is 5.51 Å². The van der Waals surface area contributed by atoms with Crippen LogP contribution in [0.1, 0.15) is 12.0 Å². The van der Waals surface area contributed by atoms with Gasteiger partial charge in [0.15, 0.2) is 0 Å². The molecular weight excluding hydrogens is 301 g/mol. The predicted molar refractivity (Wildman–Crippen MR) is 65.8 cm³/mol. The minimum atomic E-state index is -4.22. The third-order valence-electron chi connectivity index (χ3n) is 1.68. The van der Waals surface area contributed by atoms with Crippen LogP contribution in [0.25, 0.3) is 6.08 Å². The SMILES string of the molecule is FC(F)(F)Sc1cccc(C=CCCBr)c1. The van der Waals surface area contributed by atoms with Gasteiger partial charge in [-0.1, -0.05) is 40.2 Å². The Morgan fingerprint density at radius 1 is 1.31 bits per heavy atom. The lowest BCUT2D eigenvalue weighted by atomic mass is 10.2. The topological polar surface area (TPSA) is 0 Å². The molecule has 0 amide bonds. The van der Waals surface area contributed by atoms with E-state index in [0.717, 1.165) is 17.3 Å². The van der Waals surface area contributed by atoms with E-state index in [1.807, 2.05) is 12.2 Å². The molecule has 0 aliphatic heterocycles. The van der Waals surface area contributed by atoms with Crippen LogP contribution < -0.4 is 0 Å². The zero-order chi connectivity index (χ0) is 12.0. The van der Waals surface area contributed by atoms with Crippen LogP contribution in [0.2, 0.25) is 0 Å². The van der Waals surface area contributed by atoms with Crippen LogP contribution in [-0.4, -0.2) is 10.8 Å². The van der Waals surface area contributed by atoms with Crippen molar-refractivity contribution in [3.8, 4) is 0 Å². The van der Waals surface area contributed by atoms with Gasteiger partial charge in [0.1, 0.15) is 0 Å². The average molecular weight is 311 g/mol. The fourth-order valence-electron chi connectivity index (χ4n) is 1.10. The van der Waals surface area contributed by atoms with Crippen LogP contribution >= 0.6 is 27.7 Å². The van der Waals surface area contributed by atoms with E-state index in [1.165, 1.54) is 12.1 Å². The van der Waals surface area contributed by atoms with E-state index in [1.54, 1.807) is 12.1 Å². The summed E-state index contributed by atoms with van der Waals surface area (Å²) in [7, 11) is 0. The van der Waals surface area contributed by atoms with Gasteiger partial charge in [-0.3, -0.25) is 0 Å². The van der Waals surface area contributed by atoms with E-state index in [9.17, 15) is 13.2 Å². The van der Waals surface area contributed by atoms with Gasteiger partial charge in [-0.15, -0.1) is 0 Å². The van der Waals surface area contributed by atoms with E-state index >= 15 is 0 Å². The Labute approximate surface area is 105 Å². The number of hydrogen-bond acceptors (Lipinski definition) is 1. The van der Waals surface area contributed by atoms with E-state index in [-0.39, 0.29) is 16.7 Å². The maximum Gasteiger partial charge on any atom is 0.446 e. The van der Waals surface area contributed by atoms with Crippen molar-refractivity contribution in [1.29, 1.82) is 0 Å². The predicted octanol–water partition coefficient (Wildman–Crippen LogP) is 5.10. The summed E-state index contributed by atoms with van der Waals surface area (Å²) >= 11 is 3.18. The Kier molecular flexibility index (Phi) is 5.41. The number of alkyl halides is 4. The zero-order valence-corrected chi connectivity index (χ0v) is 10.7. The van der Waals surface area contributed by atoms with E-state index in [4.69, 9.17) is 0 Å². The van der Waals surface area contributed by atoms with Gasteiger partial charge >= 0.3 is 5.51 Å². The summed E-state index contributed by atoms with van der Waals surface area (Å²) in [6.07, 6.45) is 4.60. The molecule has 0 aromatic heterocycles. The number of benzene rings is 1. The molecular formula is C11H10BrF3S. The summed E-state index contributed by atoms with van der Waals surface area (Å²) in [5, 5.41) is 0.848. The first-order valence-electron chi connectivity index (χ1n) is 4.59. The summed E-state index contributed by atoms with van der Waals surface area (Å²) in [5.41, 5.74) is -3.44. The van der Waals surface area contributed by atoms with E-state index in [2.05, 4.69) is 15.9 Å². The number of thioether (sulfide) groups is 1. The summed E-state index contributed by atoms with van der Waals surface area (Å²) in [6, 6.07) is 6.40. The van der Waals surface area contributed by atoms with Gasteiger partial charge in [0, 0.05) is 10.2 Å². The van der Waals surface area contributed by atoms with Crippen molar-refractivity contribution in [3.63, 3.8) is 0 Å². The first kappa shape index (κ1) is 13.6. The minimum Gasteiger partial charge on any atom is -0.160 e. The monoisotopic (exact) mass is 310 g/mol. The van der Waals surface area contributed by atoms with Crippen molar-refractivity contribution in [1.82, 2.24) is 0 Å². The molecule has 0 fully saturated rings. The zero-order valence-electron chi connectivity index (χ0n) is 8.30. The molecule has 1 aromatic carbocycles. The quantitative estimate of drug-likeness (QED) is 0.551. The Balaban J connectivity index is 2.71. The van der Waals surface area contributed by atoms with Crippen LogP contribution in [0, 0.1) is 0 Å². The lowest BCUT2D eigenvalue weighted by molar-refractivity contribution is -0.0328. The van der Waals surface area contributed by atoms with Crippen molar-refractivity contribution in [3.05, 3.63) is 35.9 Å². The smallest absolute Gasteiger partial charge is 0.160 e. The second kappa shape index (κ2) is 6.35. The van der Waals surface area contributed by atoms with Gasteiger partial charge in [-0.2, -0.15) is 13.2 Å². The van der Waals surface area contributed by atoms with Gasteiger partial charge in [-0.05, 0) is 35.9 Å². The second-order valence-corrected chi connectivity index (χ2v) is 4.93. The van der Waals surface area contributed by atoms with Crippen LogP contribution in [0.4, 0.5) is 13.2 Å². The standard InChI is InChI=1S/C11H10BrF3S/c12-7-2-1-4-9-5-3-6-10(8-9)16-11(13,14)15/h1,3-6,8H,2,7H2. The van der Waals surface area contributed by atoms with Gasteiger partial charge in [-0.25, -0.2) is 0 Å². The number of allylic oxidation sites excluding steroid dienone is 1. The molecule has 0 bridgehead atoms. The second-order valence-electron chi connectivity index (χ2n) is 3.00. The number of rotatable bonds is 4. The van der Waals surface area contributed by atoms with Crippen molar-refractivity contribution in [2.45, 2.75) is 16.8 Å². The fraction of sp³-hybridized carbons (Fsp3) is 0.273. The molecule has 0 radical (unpaired) electrons. The highest BCUT2D eigenvalue weighted by atomic mass is 79.9. The molecule has 0 spiro atoms. The number of halogens is 4. The molecule has 88 valence electrons. The Hall–Kier alpha value is -0.420. The molecule has 0 aliphatic rings. The molecule has 0 N–H and O–H groups in total. The molecule has 0 saturated heterocycles. The molecule has 0 saturated carbocycles. The third kappa shape index (κ3) is 5.61. The molecule has 0 unspecified atom stereocenters. The number of hydrogen-bond donors (Lipinski definition) is 0. The first-order chi connectivity index (χ1) is 7.51. The third-order valence-corrected chi connectivity index (χ3v) is 2.86. The molecule has 0 atom stereocenters.